The van der Waals surface area contributed by atoms with Gasteiger partial charge in [0.15, 0.2) is 0 Å². The molecule has 3 heteroatoms. The molecule has 0 bridgehead atoms. The Hall–Kier alpha value is -0.210. The van der Waals surface area contributed by atoms with Gasteiger partial charge in [-0.2, -0.15) is 0 Å². The molecular weight excluding hydrogens is 273 g/mol. The predicted octanol–water partition coefficient (Wildman–Crippen LogP) is 4.42. The molecule has 0 fully saturated rings. The van der Waals surface area contributed by atoms with E-state index < -0.39 is 0 Å². The molecule has 1 nitrogen and oxygen atoms in total. The number of nitrogens with zero attached hydrogens (tertiary/aromatic N) is 1. The third kappa shape index (κ3) is 3.39. The van der Waals surface area contributed by atoms with Gasteiger partial charge < -0.3 is 4.90 Å². The van der Waals surface area contributed by atoms with Gasteiger partial charge in [-0.25, -0.2) is 0 Å². The third-order valence-electron chi connectivity index (χ3n) is 2.38. The van der Waals surface area contributed by atoms with E-state index in [1.165, 1.54) is 5.69 Å². The van der Waals surface area contributed by atoms with Crippen molar-refractivity contribution in [2.75, 3.05) is 18.0 Å². The Labute approximate surface area is 106 Å². The van der Waals surface area contributed by atoms with Crippen molar-refractivity contribution < 1.29 is 0 Å². The summed E-state index contributed by atoms with van der Waals surface area (Å²) in [6.07, 6.45) is 1.16. The summed E-state index contributed by atoms with van der Waals surface area (Å²) in [4.78, 5) is 2.36. The molecule has 0 heterocycles. The fourth-order valence-corrected chi connectivity index (χ4v) is 2.45. The number of benzene rings is 1. The number of hydrogen-bond acceptors (Lipinski definition) is 1. The minimum atomic E-state index is 0.568. The summed E-state index contributed by atoms with van der Waals surface area (Å²) in [7, 11) is 0. The number of rotatable bonds is 5. The Kier molecular flexibility index (Phi) is 5.48. The zero-order chi connectivity index (χ0) is 11.3. The number of alkyl halides is 1. The fraction of sp³-hybridized carbons (Fsp3) is 0.500. The monoisotopic (exact) mass is 289 g/mol. The van der Waals surface area contributed by atoms with Crippen molar-refractivity contribution in [3.05, 3.63) is 28.2 Å². The molecule has 15 heavy (non-hydrogen) atoms. The highest BCUT2D eigenvalue weighted by atomic mass is 79.9. The van der Waals surface area contributed by atoms with Gasteiger partial charge in [-0.1, -0.05) is 13.0 Å². The molecule has 0 N–H and O–H groups in total. The molecule has 0 amide bonds. The van der Waals surface area contributed by atoms with E-state index in [1.54, 1.807) is 0 Å². The molecule has 0 aliphatic rings. The first kappa shape index (κ1) is 12.9. The largest absolute Gasteiger partial charge is 0.371 e. The van der Waals surface area contributed by atoms with E-state index in [0.717, 1.165) is 29.5 Å². The van der Waals surface area contributed by atoms with Gasteiger partial charge in [-0.05, 0) is 47.0 Å². The second-order valence-corrected chi connectivity index (χ2v) is 4.62. The normalized spacial score (nSPS) is 10.4. The zero-order valence-corrected chi connectivity index (χ0v) is 11.6. The van der Waals surface area contributed by atoms with Crippen molar-refractivity contribution in [3.8, 4) is 0 Å². The Balaban J connectivity index is 2.92. The summed E-state index contributed by atoms with van der Waals surface area (Å²) in [5, 5.41) is 0. The SMILES string of the molecule is CCCN(CC)c1ccc(CCl)cc1Br. The van der Waals surface area contributed by atoms with Crippen LogP contribution < -0.4 is 4.90 Å². The van der Waals surface area contributed by atoms with Crippen LogP contribution >= 0.6 is 27.5 Å². The van der Waals surface area contributed by atoms with Crippen molar-refractivity contribution >= 4 is 33.2 Å². The summed E-state index contributed by atoms with van der Waals surface area (Å²) in [6.45, 7) is 6.50. The smallest absolute Gasteiger partial charge is 0.0510 e. The summed E-state index contributed by atoms with van der Waals surface area (Å²) >= 11 is 9.39. The number of anilines is 1. The van der Waals surface area contributed by atoms with E-state index in [4.69, 9.17) is 11.6 Å². The van der Waals surface area contributed by atoms with Crippen molar-refractivity contribution in [3.63, 3.8) is 0 Å². The second-order valence-electron chi connectivity index (χ2n) is 3.50. The molecule has 1 aromatic rings. The van der Waals surface area contributed by atoms with Crippen LogP contribution in [0.2, 0.25) is 0 Å². The van der Waals surface area contributed by atoms with Gasteiger partial charge >= 0.3 is 0 Å². The fourth-order valence-electron chi connectivity index (χ4n) is 1.61. The van der Waals surface area contributed by atoms with E-state index in [0.29, 0.717) is 5.88 Å². The number of hydrogen-bond donors (Lipinski definition) is 0. The van der Waals surface area contributed by atoms with Gasteiger partial charge in [-0.3, -0.25) is 0 Å². The van der Waals surface area contributed by atoms with Crippen molar-refractivity contribution in [1.29, 1.82) is 0 Å². The van der Waals surface area contributed by atoms with E-state index >= 15 is 0 Å². The Morgan fingerprint density at radius 3 is 2.53 bits per heavy atom. The molecule has 0 saturated heterocycles. The van der Waals surface area contributed by atoms with Gasteiger partial charge in [-0.15, -0.1) is 11.6 Å². The maximum absolute atomic E-state index is 5.79. The Bertz CT molecular complexity index is 314. The van der Waals surface area contributed by atoms with Crippen LogP contribution in [-0.4, -0.2) is 13.1 Å². The highest BCUT2D eigenvalue weighted by Gasteiger charge is 2.07. The average Bonchev–Trinajstić information content (AvgIpc) is 2.26. The van der Waals surface area contributed by atoms with E-state index in [-0.39, 0.29) is 0 Å². The van der Waals surface area contributed by atoms with E-state index in [1.807, 2.05) is 0 Å². The van der Waals surface area contributed by atoms with Crippen LogP contribution in [0, 0.1) is 0 Å². The van der Waals surface area contributed by atoms with Crippen LogP contribution in [-0.2, 0) is 5.88 Å². The van der Waals surface area contributed by atoms with E-state index in [9.17, 15) is 0 Å². The first-order valence-corrected chi connectivity index (χ1v) is 6.65. The molecule has 1 rings (SSSR count). The van der Waals surface area contributed by atoms with Crippen LogP contribution in [0.3, 0.4) is 0 Å². The number of halogens is 2. The topological polar surface area (TPSA) is 3.24 Å². The van der Waals surface area contributed by atoms with E-state index in [2.05, 4.69) is 52.9 Å². The average molecular weight is 291 g/mol. The van der Waals surface area contributed by atoms with Gasteiger partial charge in [0.2, 0.25) is 0 Å². The van der Waals surface area contributed by atoms with Crippen LogP contribution in [0.4, 0.5) is 5.69 Å². The van der Waals surface area contributed by atoms with Gasteiger partial charge in [0.1, 0.15) is 0 Å². The first-order chi connectivity index (χ1) is 7.22. The molecule has 0 aromatic heterocycles. The van der Waals surface area contributed by atoms with Gasteiger partial charge in [0, 0.05) is 23.4 Å². The summed E-state index contributed by atoms with van der Waals surface area (Å²) < 4.78 is 1.14. The molecule has 0 spiro atoms. The Morgan fingerprint density at radius 2 is 2.07 bits per heavy atom. The van der Waals surface area contributed by atoms with Crippen molar-refractivity contribution in [1.82, 2.24) is 0 Å². The molecular formula is C12H17BrClN. The quantitative estimate of drug-likeness (QED) is 0.725. The zero-order valence-electron chi connectivity index (χ0n) is 9.26. The maximum Gasteiger partial charge on any atom is 0.0510 e. The first-order valence-electron chi connectivity index (χ1n) is 5.32. The third-order valence-corrected chi connectivity index (χ3v) is 3.33. The highest BCUT2D eigenvalue weighted by Crippen LogP contribution is 2.28. The van der Waals surface area contributed by atoms with Crippen molar-refractivity contribution in [2.45, 2.75) is 26.1 Å². The molecule has 0 saturated carbocycles. The summed E-state index contributed by atoms with van der Waals surface area (Å²) in [5.41, 5.74) is 2.41. The van der Waals surface area contributed by atoms with Crippen LogP contribution in [0.1, 0.15) is 25.8 Å². The van der Waals surface area contributed by atoms with Crippen molar-refractivity contribution in [2.24, 2.45) is 0 Å². The molecule has 1 aromatic carbocycles. The standard InChI is InChI=1S/C12H17BrClN/c1-3-7-15(4-2)12-6-5-10(9-14)8-11(12)13/h5-6,8H,3-4,7,9H2,1-2H3. The van der Waals surface area contributed by atoms with Crippen LogP contribution in [0.25, 0.3) is 0 Å². The molecule has 0 radical (unpaired) electrons. The molecule has 0 atom stereocenters. The molecule has 0 aliphatic heterocycles. The van der Waals surface area contributed by atoms with Gasteiger partial charge in [0.25, 0.3) is 0 Å². The van der Waals surface area contributed by atoms with Crippen LogP contribution in [0.5, 0.6) is 0 Å². The molecule has 0 aliphatic carbocycles. The Morgan fingerprint density at radius 1 is 1.33 bits per heavy atom. The van der Waals surface area contributed by atoms with Crippen LogP contribution in [0.15, 0.2) is 22.7 Å². The lowest BCUT2D eigenvalue weighted by Gasteiger charge is -2.24. The minimum Gasteiger partial charge on any atom is -0.371 e. The summed E-state index contributed by atoms with van der Waals surface area (Å²) in [6, 6.07) is 6.33. The van der Waals surface area contributed by atoms with Gasteiger partial charge in [0.05, 0.1) is 5.69 Å². The predicted molar refractivity (Wildman–Crippen MR) is 71.9 cm³/mol. The second kappa shape index (κ2) is 6.39. The lowest BCUT2D eigenvalue weighted by Crippen LogP contribution is -2.23. The minimum absolute atomic E-state index is 0.568. The molecule has 84 valence electrons. The highest BCUT2D eigenvalue weighted by molar-refractivity contribution is 9.10. The lowest BCUT2D eigenvalue weighted by atomic mass is 10.2. The maximum atomic E-state index is 5.79. The molecule has 0 unspecified atom stereocenters. The summed E-state index contributed by atoms with van der Waals surface area (Å²) in [5.74, 6) is 0.568. The lowest BCUT2D eigenvalue weighted by molar-refractivity contribution is 0.790.